The Balaban J connectivity index is 1.69. The molecule has 3 rings (SSSR count). The molecule has 0 aliphatic rings. The van der Waals surface area contributed by atoms with Crippen LogP contribution in [0.2, 0.25) is 5.02 Å². The van der Waals surface area contributed by atoms with Crippen molar-refractivity contribution in [2.45, 2.75) is 19.1 Å². The van der Waals surface area contributed by atoms with Crippen LogP contribution in [0.4, 0.5) is 0 Å². The summed E-state index contributed by atoms with van der Waals surface area (Å²) in [6.07, 6.45) is 3.08. The molecule has 0 aliphatic carbocycles. The number of carboxylic acids is 1. The molecule has 0 saturated carbocycles. The van der Waals surface area contributed by atoms with E-state index >= 15 is 0 Å². The van der Waals surface area contributed by atoms with Crippen LogP contribution in [0.15, 0.2) is 83.3 Å². The standard InChI is InChI=1S/C25H21BrClNO4/c26-20-11-12-23(32-16-19-8-4-5-9-21(19)27)18(15-20)10-13-24(29)28-22(25(30)31)14-17-6-2-1-3-7-17/h1-13,15,22H,14,16H2,(H,28,29)(H,30,31)/b13-10+/t22-/m0/s1. The molecule has 5 nitrogen and oxygen atoms in total. The summed E-state index contributed by atoms with van der Waals surface area (Å²) >= 11 is 9.61. The van der Waals surface area contributed by atoms with Gasteiger partial charge in [0.1, 0.15) is 18.4 Å². The monoisotopic (exact) mass is 513 g/mol. The zero-order valence-corrected chi connectivity index (χ0v) is 19.3. The summed E-state index contributed by atoms with van der Waals surface area (Å²) in [5.41, 5.74) is 2.33. The molecule has 1 atom stereocenters. The predicted molar refractivity (Wildman–Crippen MR) is 129 cm³/mol. The van der Waals surface area contributed by atoms with Crippen molar-refractivity contribution in [2.24, 2.45) is 0 Å². The lowest BCUT2D eigenvalue weighted by molar-refractivity contribution is -0.141. The molecule has 0 bridgehead atoms. The molecule has 7 heteroatoms. The van der Waals surface area contributed by atoms with Crippen LogP contribution in [0.25, 0.3) is 6.08 Å². The van der Waals surface area contributed by atoms with Crippen LogP contribution in [0.3, 0.4) is 0 Å². The highest BCUT2D eigenvalue weighted by molar-refractivity contribution is 9.10. The van der Waals surface area contributed by atoms with Gasteiger partial charge in [0.05, 0.1) is 0 Å². The number of halogens is 2. The summed E-state index contributed by atoms with van der Waals surface area (Å²) in [6, 6.07) is 20.9. The minimum atomic E-state index is -1.10. The van der Waals surface area contributed by atoms with Gasteiger partial charge in [0, 0.05) is 33.1 Å². The second-order valence-corrected chi connectivity index (χ2v) is 8.31. The second-order valence-electron chi connectivity index (χ2n) is 6.98. The highest BCUT2D eigenvalue weighted by Crippen LogP contribution is 2.26. The predicted octanol–water partition coefficient (Wildman–Crippen LogP) is 5.51. The van der Waals surface area contributed by atoms with Crippen LogP contribution >= 0.6 is 27.5 Å². The molecule has 0 radical (unpaired) electrons. The number of carboxylic acid groups (broad SMARTS) is 1. The van der Waals surface area contributed by atoms with E-state index in [1.165, 1.54) is 6.08 Å². The Morgan fingerprint density at radius 3 is 2.50 bits per heavy atom. The van der Waals surface area contributed by atoms with Gasteiger partial charge in [0.2, 0.25) is 5.91 Å². The minimum Gasteiger partial charge on any atom is -0.488 e. The summed E-state index contributed by atoms with van der Waals surface area (Å²) < 4.78 is 6.72. The summed E-state index contributed by atoms with van der Waals surface area (Å²) in [7, 11) is 0. The number of amides is 1. The van der Waals surface area contributed by atoms with E-state index in [9.17, 15) is 14.7 Å². The van der Waals surface area contributed by atoms with Crippen LogP contribution in [0.5, 0.6) is 5.75 Å². The normalized spacial score (nSPS) is 11.8. The first-order valence-electron chi connectivity index (χ1n) is 9.83. The molecular formula is C25H21BrClNO4. The summed E-state index contributed by atoms with van der Waals surface area (Å²) in [6.45, 7) is 0.270. The van der Waals surface area contributed by atoms with Crippen LogP contribution < -0.4 is 10.1 Å². The molecule has 2 N–H and O–H groups in total. The smallest absolute Gasteiger partial charge is 0.326 e. The van der Waals surface area contributed by atoms with Gasteiger partial charge >= 0.3 is 5.97 Å². The lowest BCUT2D eigenvalue weighted by atomic mass is 10.1. The van der Waals surface area contributed by atoms with E-state index in [0.717, 1.165) is 15.6 Å². The maximum absolute atomic E-state index is 12.4. The number of ether oxygens (including phenoxy) is 1. The number of carbonyl (C=O) groups is 2. The molecule has 0 heterocycles. The summed E-state index contributed by atoms with van der Waals surface area (Å²) in [4.78, 5) is 24.0. The van der Waals surface area contributed by atoms with Crippen LogP contribution in [0.1, 0.15) is 16.7 Å². The van der Waals surface area contributed by atoms with Gasteiger partial charge in [-0.25, -0.2) is 4.79 Å². The van der Waals surface area contributed by atoms with Crippen molar-refractivity contribution in [1.29, 1.82) is 0 Å². The third-order valence-electron chi connectivity index (χ3n) is 4.62. The van der Waals surface area contributed by atoms with Gasteiger partial charge in [-0.15, -0.1) is 0 Å². The van der Waals surface area contributed by atoms with Crippen LogP contribution in [-0.4, -0.2) is 23.0 Å². The van der Waals surface area contributed by atoms with Gasteiger partial charge in [-0.2, -0.15) is 0 Å². The molecule has 0 spiro atoms. The largest absolute Gasteiger partial charge is 0.488 e. The number of nitrogens with one attached hydrogen (secondary N) is 1. The van der Waals surface area contributed by atoms with E-state index in [-0.39, 0.29) is 13.0 Å². The number of hydrogen-bond donors (Lipinski definition) is 2. The van der Waals surface area contributed by atoms with Crippen molar-refractivity contribution in [1.82, 2.24) is 5.32 Å². The molecule has 0 unspecified atom stereocenters. The first kappa shape index (κ1) is 23.6. The minimum absolute atomic E-state index is 0.193. The van der Waals surface area contributed by atoms with Crippen molar-refractivity contribution in [2.75, 3.05) is 0 Å². The number of hydrogen-bond acceptors (Lipinski definition) is 3. The maximum Gasteiger partial charge on any atom is 0.326 e. The van der Waals surface area contributed by atoms with E-state index < -0.39 is 17.9 Å². The molecule has 0 aromatic heterocycles. The fourth-order valence-electron chi connectivity index (χ4n) is 2.99. The molecule has 0 aliphatic heterocycles. The van der Waals surface area contributed by atoms with Gasteiger partial charge in [-0.3, -0.25) is 4.79 Å². The Morgan fingerprint density at radius 1 is 1.06 bits per heavy atom. The zero-order chi connectivity index (χ0) is 22.9. The topological polar surface area (TPSA) is 75.6 Å². The number of carbonyl (C=O) groups excluding carboxylic acids is 1. The number of benzene rings is 3. The average Bonchev–Trinajstić information content (AvgIpc) is 2.78. The SMILES string of the molecule is O=C(/C=C/c1cc(Br)ccc1OCc1ccccc1Cl)N[C@@H](Cc1ccccc1)C(=O)O. The highest BCUT2D eigenvalue weighted by Gasteiger charge is 2.19. The zero-order valence-electron chi connectivity index (χ0n) is 17.0. The third-order valence-corrected chi connectivity index (χ3v) is 5.49. The lowest BCUT2D eigenvalue weighted by Crippen LogP contribution is -2.41. The Hall–Kier alpha value is -3.09. The van der Waals surface area contributed by atoms with Gasteiger partial charge in [-0.05, 0) is 35.9 Å². The molecule has 3 aromatic carbocycles. The average molecular weight is 515 g/mol. The van der Waals surface area contributed by atoms with Crippen molar-refractivity contribution in [3.63, 3.8) is 0 Å². The first-order valence-corrected chi connectivity index (χ1v) is 11.0. The van der Waals surface area contributed by atoms with Gasteiger partial charge in [-0.1, -0.05) is 76.1 Å². The Bertz CT molecular complexity index is 1120. The number of rotatable bonds is 9. The van der Waals surface area contributed by atoms with E-state index in [2.05, 4.69) is 21.2 Å². The lowest BCUT2D eigenvalue weighted by Gasteiger charge is -2.13. The summed E-state index contributed by atoms with van der Waals surface area (Å²) in [5.74, 6) is -1.04. The Kier molecular flexibility index (Phi) is 8.48. The van der Waals surface area contributed by atoms with Gasteiger partial charge in [0.15, 0.2) is 0 Å². The van der Waals surface area contributed by atoms with Crippen molar-refractivity contribution in [3.8, 4) is 5.75 Å². The van der Waals surface area contributed by atoms with Crippen molar-refractivity contribution < 1.29 is 19.4 Å². The molecule has 0 saturated heterocycles. The van der Waals surface area contributed by atoms with E-state index in [1.807, 2.05) is 60.7 Å². The molecule has 3 aromatic rings. The molecule has 0 fully saturated rings. The van der Waals surface area contributed by atoms with Crippen LogP contribution in [-0.2, 0) is 22.6 Å². The van der Waals surface area contributed by atoms with E-state index in [4.69, 9.17) is 16.3 Å². The third kappa shape index (κ3) is 6.97. The van der Waals surface area contributed by atoms with E-state index in [0.29, 0.717) is 16.3 Å². The van der Waals surface area contributed by atoms with Crippen molar-refractivity contribution in [3.05, 3.63) is 105 Å². The van der Waals surface area contributed by atoms with Crippen molar-refractivity contribution >= 4 is 45.5 Å². The summed E-state index contributed by atoms with van der Waals surface area (Å²) in [5, 5.41) is 12.6. The maximum atomic E-state index is 12.4. The fraction of sp³-hybridized carbons (Fsp3) is 0.120. The van der Waals surface area contributed by atoms with Gasteiger partial charge < -0.3 is 15.2 Å². The Morgan fingerprint density at radius 2 is 1.78 bits per heavy atom. The first-order chi connectivity index (χ1) is 15.4. The molecular weight excluding hydrogens is 494 g/mol. The second kappa shape index (κ2) is 11.5. The molecule has 32 heavy (non-hydrogen) atoms. The Labute approximate surface area is 199 Å². The quantitative estimate of drug-likeness (QED) is 0.369. The van der Waals surface area contributed by atoms with E-state index in [1.54, 1.807) is 18.2 Å². The fourth-order valence-corrected chi connectivity index (χ4v) is 3.56. The highest BCUT2D eigenvalue weighted by atomic mass is 79.9. The molecule has 1 amide bonds. The number of aliphatic carboxylic acids is 1. The van der Waals surface area contributed by atoms with Gasteiger partial charge in [0.25, 0.3) is 0 Å². The van der Waals surface area contributed by atoms with Crippen LogP contribution in [0, 0.1) is 0 Å². The molecule has 164 valence electrons.